The molecule has 4 aromatic rings. The molecule has 0 fully saturated rings. The topological polar surface area (TPSA) is 46.3 Å². The lowest BCUT2D eigenvalue weighted by molar-refractivity contribution is 0.0959. The SMILES string of the molecule is CCc1ccc2oc(C(=O)N(Cc3ccccc3)c3ccccn3)c(C)c2c1. The summed E-state index contributed by atoms with van der Waals surface area (Å²) in [4.78, 5) is 19.6. The average Bonchev–Trinajstić information content (AvgIpc) is 3.08. The van der Waals surface area contributed by atoms with Gasteiger partial charge < -0.3 is 4.42 Å². The van der Waals surface area contributed by atoms with Gasteiger partial charge in [-0.25, -0.2) is 4.98 Å². The molecule has 0 N–H and O–H groups in total. The van der Waals surface area contributed by atoms with E-state index in [-0.39, 0.29) is 5.91 Å². The lowest BCUT2D eigenvalue weighted by Crippen LogP contribution is -2.31. The number of fused-ring (bicyclic) bond motifs is 1. The van der Waals surface area contributed by atoms with Crippen molar-refractivity contribution in [1.82, 2.24) is 4.98 Å². The number of anilines is 1. The van der Waals surface area contributed by atoms with E-state index in [1.54, 1.807) is 11.1 Å². The zero-order valence-electron chi connectivity index (χ0n) is 16.1. The molecule has 140 valence electrons. The third-order valence-electron chi connectivity index (χ3n) is 4.96. The zero-order chi connectivity index (χ0) is 19.5. The minimum absolute atomic E-state index is 0.186. The normalized spacial score (nSPS) is 10.9. The molecule has 0 unspecified atom stereocenters. The molecule has 4 heteroatoms. The summed E-state index contributed by atoms with van der Waals surface area (Å²) in [6, 6.07) is 21.6. The largest absolute Gasteiger partial charge is 0.451 e. The molecule has 1 amide bonds. The molecule has 0 radical (unpaired) electrons. The second kappa shape index (κ2) is 7.69. The van der Waals surface area contributed by atoms with Gasteiger partial charge in [0.05, 0.1) is 6.54 Å². The highest BCUT2D eigenvalue weighted by Crippen LogP contribution is 2.29. The summed E-state index contributed by atoms with van der Waals surface area (Å²) >= 11 is 0. The first-order valence-electron chi connectivity index (χ1n) is 9.46. The Morgan fingerprint density at radius 2 is 1.79 bits per heavy atom. The molecule has 0 aliphatic carbocycles. The van der Waals surface area contributed by atoms with Gasteiger partial charge in [-0.1, -0.05) is 49.4 Å². The maximum Gasteiger partial charge on any atom is 0.295 e. The van der Waals surface area contributed by atoms with Crippen LogP contribution in [0, 0.1) is 6.92 Å². The first-order chi connectivity index (χ1) is 13.7. The maximum absolute atomic E-state index is 13.5. The molecule has 2 aromatic carbocycles. The number of benzene rings is 2. The number of amides is 1. The molecule has 2 heterocycles. The van der Waals surface area contributed by atoms with E-state index in [4.69, 9.17) is 4.42 Å². The van der Waals surface area contributed by atoms with Crippen molar-refractivity contribution in [3.8, 4) is 0 Å². The molecular weight excluding hydrogens is 348 g/mol. The lowest BCUT2D eigenvalue weighted by atomic mass is 10.1. The number of aryl methyl sites for hydroxylation is 2. The number of aromatic nitrogens is 1. The van der Waals surface area contributed by atoms with Gasteiger partial charge in [0.25, 0.3) is 5.91 Å². The van der Waals surface area contributed by atoms with Crippen molar-refractivity contribution in [2.75, 3.05) is 4.90 Å². The standard InChI is InChI=1S/C24H22N2O2/c1-3-18-12-13-21-20(15-18)17(2)23(28-21)24(27)26(22-11-7-8-14-25-22)16-19-9-5-4-6-10-19/h4-15H,3,16H2,1-2H3. The molecule has 28 heavy (non-hydrogen) atoms. The fourth-order valence-electron chi connectivity index (χ4n) is 3.35. The first-order valence-corrected chi connectivity index (χ1v) is 9.46. The van der Waals surface area contributed by atoms with Gasteiger partial charge in [-0.3, -0.25) is 9.69 Å². The number of pyridine rings is 1. The number of carbonyl (C=O) groups is 1. The van der Waals surface area contributed by atoms with Crippen LogP contribution in [0.3, 0.4) is 0 Å². The molecule has 0 bridgehead atoms. The Morgan fingerprint density at radius 3 is 2.50 bits per heavy atom. The Balaban J connectivity index is 1.77. The summed E-state index contributed by atoms with van der Waals surface area (Å²) in [5.74, 6) is 0.782. The van der Waals surface area contributed by atoms with E-state index in [9.17, 15) is 4.79 Å². The maximum atomic E-state index is 13.5. The molecule has 0 spiro atoms. The second-order valence-corrected chi connectivity index (χ2v) is 6.81. The van der Waals surface area contributed by atoms with Crippen LogP contribution in [-0.4, -0.2) is 10.9 Å². The van der Waals surface area contributed by atoms with Crippen LogP contribution in [0.5, 0.6) is 0 Å². The van der Waals surface area contributed by atoms with Crippen LogP contribution in [0.1, 0.15) is 34.2 Å². The lowest BCUT2D eigenvalue weighted by Gasteiger charge is -2.21. The summed E-state index contributed by atoms with van der Waals surface area (Å²) < 4.78 is 5.98. The van der Waals surface area contributed by atoms with E-state index in [2.05, 4.69) is 18.0 Å². The Hall–Kier alpha value is -3.40. The van der Waals surface area contributed by atoms with Gasteiger partial charge in [-0.15, -0.1) is 0 Å². The predicted octanol–water partition coefficient (Wildman–Crippen LogP) is 5.55. The third-order valence-corrected chi connectivity index (χ3v) is 4.96. The van der Waals surface area contributed by atoms with Crippen molar-refractivity contribution in [2.24, 2.45) is 0 Å². The number of hydrogen-bond donors (Lipinski definition) is 0. The van der Waals surface area contributed by atoms with Gasteiger partial charge in [-0.05, 0) is 48.7 Å². The number of hydrogen-bond acceptors (Lipinski definition) is 3. The van der Waals surface area contributed by atoms with Crippen molar-refractivity contribution >= 4 is 22.7 Å². The molecule has 4 rings (SSSR count). The molecule has 0 atom stereocenters. The van der Waals surface area contributed by atoms with E-state index in [1.165, 1.54) is 5.56 Å². The summed E-state index contributed by atoms with van der Waals surface area (Å²) in [5.41, 5.74) is 3.85. The van der Waals surface area contributed by atoms with Crippen LogP contribution in [0.15, 0.2) is 77.3 Å². The van der Waals surface area contributed by atoms with Crippen LogP contribution in [0.25, 0.3) is 11.0 Å². The molecule has 0 aliphatic heterocycles. The van der Waals surface area contributed by atoms with Gasteiger partial charge in [0, 0.05) is 17.1 Å². The summed E-state index contributed by atoms with van der Waals surface area (Å²) in [6.07, 6.45) is 2.64. The Kier molecular flexibility index (Phi) is 4.94. The Labute approximate surface area is 164 Å². The van der Waals surface area contributed by atoms with Gasteiger partial charge in [-0.2, -0.15) is 0 Å². The minimum atomic E-state index is -0.186. The van der Waals surface area contributed by atoms with Crippen molar-refractivity contribution < 1.29 is 9.21 Å². The number of nitrogens with zero attached hydrogens (tertiary/aromatic N) is 2. The van der Waals surface area contributed by atoms with Gasteiger partial charge >= 0.3 is 0 Å². The molecule has 4 nitrogen and oxygen atoms in total. The van der Waals surface area contributed by atoms with E-state index in [1.807, 2.05) is 67.6 Å². The molecular formula is C24H22N2O2. The van der Waals surface area contributed by atoms with Gasteiger partial charge in [0.1, 0.15) is 11.4 Å². The van der Waals surface area contributed by atoms with Crippen LogP contribution in [-0.2, 0) is 13.0 Å². The van der Waals surface area contributed by atoms with Crippen molar-refractivity contribution in [3.05, 3.63) is 95.4 Å². The zero-order valence-corrected chi connectivity index (χ0v) is 16.1. The number of furan rings is 1. The summed E-state index contributed by atoms with van der Waals surface area (Å²) in [7, 11) is 0. The van der Waals surface area contributed by atoms with Crippen LogP contribution in [0.4, 0.5) is 5.82 Å². The summed E-state index contributed by atoms with van der Waals surface area (Å²) in [5, 5.41) is 0.989. The fourth-order valence-corrected chi connectivity index (χ4v) is 3.35. The molecule has 0 aliphatic rings. The predicted molar refractivity (Wildman–Crippen MR) is 112 cm³/mol. The Morgan fingerprint density at radius 1 is 1.00 bits per heavy atom. The van der Waals surface area contributed by atoms with Crippen LogP contribution >= 0.6 is 0 Å². The smallest absolute Gasteiger partial charge is 0.295 e. The quantitative estimate of drug-likeness (QED) is 0.463. The van der Waals surface area contributed by atoms with Gasteiger partial charge in [0.15, 0.2) is 5.76 Å². The van der Waals surface area contributed by atoms with E-state index in [0.717, 1.165) is 28.5 Å². The van der Waals surface area contributed by atoms with E-state index in [0.29, 0.717) is 18.1 Å². The molecule has 0 saturated heterocycles. The Bertz CT molecular complexity index is 1100. The second-order valence-electron chi connectivity index (χ2n) is 6.81. The van der Waals surface area contributed by atoms with Crippen molar-refractivity contribution in [2.45, 2.75) is 26.8 Å². The van der Waals surface area contributed by atoms with Crippen molar-refractivity contribution in [3.63, 3.8) is 0 Å². The molecule has 2 aromatic heterocycles. The average molecular weight is 370 g/mol. The number of rotatable bonds is 5. The first kappa shape index (κ1) is 18.0. The number of carbonyl (C=O) groups excluding carboxylic acids is 1. The van der Waals surface area contributed by atoms with Gasteiger partial charge in [0.2, 0.25) is 0 Å². The highest BCUT2D eigenvalue weighted by Gasteiger charge is 2.25. The highest BCUT2D eigenvalue weighted by atomic mass is 16.3. The van der Waals surface area contributed by atoms with E-state index >= 15 is 0 Å². The third kappa shape index (κ3) is 3.41. The summed E-state index contributed by atoms with van der Waals surface area (Å²) in [6.45, 7) is 4.48. The van der Waals surface area contributed by atoms with Crippen LogP contribution < -0.4 is 4.90 Å². The monoisotopic (exact) mass is 370 g/mol. The van der Waals surface area contributed by atoms with E-state index < -0.39 is 0 Å². The fraction of sp³-hybridized carbons (Fsp3) is 0.167. The van der Waals surface area contributed by atoms with Crippen molar-refractivity contribution in [1.29, 1.82) is 0 Å². The van der Waals surface area contributed by atoms with Crippen LogP contribution in [0.2, 0.25) is 0 Å². The molecule has 0 saturated carbocycles. The minimum Gasteiger partial charge on any atom is -0.451 e. The highest BCUT2D eigenvalue weighted by molar-refractivity contribution is 6.07.